The van der Waals surface area contributed by atoms with Crippen molar-refractivity contribution in [1.29, 1.82) is 0 Å². The van der Waals surface area contributed by atoms with Crippen molar-refractivity contribution < 1.29 is 8.78 Å². The van der Waals surface area contributed by atoms with E-state index in [2.05, 4.69) is 21.4 Å². The Balaban J connectivity index is 2.55. The Morgan fingerprint density at radius 1 is 1.11 bits per heavy atom. The van der Waals surface area contributed by atoms with Gasteiger partial charge in [0.25, 0.3) is 0 Å². The highest BCUT2D eigenvalue weighted by atomic mass is 79.9. The molecule has 19 heavy (non-hydrogen) atoms. The molecule has 0 bridgehead atoms. The first kappa shape index (κ1) is 14.1. The molecule has 0 saturated heterocycles. The molecule has 0 aliphatic rings. The predicted octanol–water partition coefficient (Wildman–Crippen LogP) is 3.59. The van der Waals surface area contributed by atoms with Crippen LogP contribution in [0.1, 0.15) is 22.7 Å². The summed E-state index contributed by atoms with van der Waals surface area (Å²) in [7, 11) is 0. The second-order valence-corrected chi connectivity index (χ2v) is 5.14. The van der Waals surface area contributed by atoms with Gasteiger partial charge >= 0.3 is 0 Å². The molecule has 2 nitrogen and oxygen atoms in total. The van der Waals surface area contributed by atoms with Gasteiger partial charge in [0.05, 0.1) is 6.04 Å². The van der Waals surface area contributed by atoms with Crippen LogP contribution >= 0.6 is 15.9 Å². The molecule has 2 aromatic rings. The van der Waals surface area contributed by atoms with E-state index in [1.54, 1.807) is 0 Å². The molecule has 1 atom stereocenters. The highest BCUT2D eigenvalue weighted by Crippen LogP contribution is 2.30. The molecule has 1 unspecified atom stereocenters. The summed E-state index contributed by atoms with van der Waals surface area (Å²) in [6.07, 6.45) is 0. The third-order valence-electron chi connectivity index (χ3n) is 2.90. The number of hydrazine groups is 1. The summed E-state index contributed by atoms with van der Waals surface area (Å²) in [6, 6.07) is 8.35. The van der Waals surface area contributed by atoms with Crippen molar-refractivity contribution in [3.05, 3.63) is 69.2 Å². The van der Waals surface area contributed by atoms with Crippen LogP contribution in [0.2, 0.25) is 0 Å². The van der Waals surface area contributed by atoms with E-state index in [0.717, 1.165) is 33.8 Å². The number of nitrogens with two attached hydrogens (primary N) is 1. The molecule has 2 aromatic carbocycles. The Morgan fingerprint density at radius 3 is 2.53 bits per heavy atom. The second-order valence-electron chi connectivity index (χ2n) is 4.29. The summed E-state index contributed by atoms with van der Waals surface area (Å²) in [5.74, 6) is 4.51. The maximum Gasteiger partial charge on any atom is 0.128 e. The predicted molar refractivity (Wildman–Crippen MR) is 74.4 cm³/mol. The molecule has 0 saturated carbocycles. The lowest BCUT2D eigenvalue weighted by atomic mass is 9.97. The van der Waals surface area contributed by atoms with Gasteiger partial charge in [0.2, 0.25) is 0 Å². The minimum absolute atomic E-state index is 0.175. The van der Waals surface area contributed by atoms with Crippen molar-refractivity contribution in [2.45, 2.75) is 13.0 Å². The topological polar surface area (TPSA) is 38.0 Å². The van der Waals surface area contributed by atoms with Crippen molar-refractivity contribution in [3.63, 3.8) is 0 Å². The fourth-order valence-electron chi connectivity index (χ4n) is 1.97. The van der Waals surface area contributed by atoms with Crippen LogP contribution in [-0.4, -0.2) is 0 Å². The quantitative estimate of drug-likeness (QED) is 0.668. The van der Waals surface area contributed by atoms with E-state index in [4.69, 9.17) is 5.84 Å². The highest BCUT2D eigenvalue weighted by molar-refractivity contribution is 9.10. The molecule has 3 N–H and O–H groups in total. The molecule has 0 aromatic heterocycles. The van der Waals surface area contributed by atoms with Crippen LogP contribution in [0.4, 0.5) is 8.78 Å². The van der Waals surface area contributed by atoms with Crippen molar-refractivity contribution >= 4 is 15.9 Å². The number of aryl methyl sites for hydroxylation is 1. The van der Waals surface area contributed by atoms with Gasteiger partial charge in [0.1, 0.15) is 11.6 Å². The van der Waals surface area contributed by atoms with E-state index in [0.29, 0.717) is 0 Å². The Bertz CT molecular complexity index is 550. The molecule has 5 heteroatoms. The number of nitrogens with one attached hydrogen (secondary N) is 1. The van der Waals surface area contributed by atoms with Crippen LogP contribution < -0.4 is 11.3 Å². The molecule has 100 valence electrons. The van der Waals surface area contributed by atoms with Gasteiger partial charge in [-0.25, -0.2) is 14.2 Å². The van der Waals surface area contributed by atoms with Gasteiger partial charge in [-0.1, -0.05) is 33.6 Å². The zero-order valence-electron chi connectivity index (χ0n) is 10.3. The zero-order valence-corrected chi connectivity index (χ0v) is 11.8. The third-order valence-corrected chi connectivity index (χ3v) is 3.62. The standard InChI is InChI=1S/C14H13BrF2N2/c1-8-2-4-12(15)10(6-8)14(19-18)11-7-9(16)3-5-13(11)17/h2-7,14,19H,18H2,1H3. The molecule has 0 radical (unpaired) electrons. The van der Waals surface area contributed by atoms with E-state index in [9.17, 15) is 8.78 Å². The molecule has 0 aliphatic heterocycles. The maximum absolute atomic E-state index is 13.8. The Labute approximate surface area is 118 Å². The first-order valence-electron chi connectivity index (χ1n) is 5.70. The van der Waals surface area contributed by atoms with E-state index in [-0.39, 0.29) is 5.56 Å². The summed E-state index contributed by atoms with van der Waals surface area (Å²) in [5, 5.41) is 0. The fourth-order valence-corrected chi connectivity index (χ4v) is 2.44. The van der Waals surface area contributed by atoms with Crippen LogP contribution in [0.5, 0.6) is 0 Å². The fraction of sp³-hybridized carbons (Fsp3) is 0.143. The lowest BCUT2D eigenvalue weighted by Gasteiger charge is -2.19. The minimum Gasteiger partial charge on any atom is -0.271 e. The van der Waals surface area contributed by atoms with Crippen LogP contribution in [0.15, 0.2) is 40.9 Å². The largest absolute Gasteiger partial charge is 0.271 e. The number of benzene rings is 2. The van der Waals surface area contributed by atoms with Gasteiger partial charge < -0.3 is 0 Å². The van der Waals surface area contributed by atoms with Crippen molar-refractivity contribution in [3.8, 4) is 0 Å². The Morgan fingerprint density at radius 2 is 1.84 bits per heavy atom. The summed E-state index contributed by atoms with van der Waals surface area (Å²) >= 11 is 3.40. The lowest BCUT2D eigenvalue weighted by Crippen LogP contribution is -2.30. The average Bonchev–Trinajstić information content (AvgIpc) is 2.38. The number of halogens is 3. The van der Waals surface area contributed by atoms with Gasteiger partial charge in [-0.2, -0.15) is 0 Å². The van der Waals surface area contributed by atoms with E-state index in [1.807, 2.05) is 25.1 Å². The monoisotopic (exact) mass is 326 g/mol. The smallest absolute Gasteiger partial charge is 0.128 e. The molecular formula is C14H13BrF2N2. The Hall–Kier alpha value is -1.30. The highest BCUT2D eigenvalue weighted by Gasteiger charge is 2.19. The summed E-state index contributed by atoms with van der Waals surface area (Å²) in [5.41, 5.74) is 4.47. The van der Waals surface area contributed by atoms with Crippen LogP contribution in [-0.2, 0) is 0 Å². The van der Waals surface area contributed by atoms with E-state index >= 15 is 0 Å². The molecule has 0 spiro atoms. The molecule has 0 fully saturated rings. The Kier molecular flexibility index (Phi) is 4.29. The SMILES string of the molecule is Cc1ccc(Br)c(C(NN)c2cc(F)ccc2F)c1. The number of hydrogen-bond donors (Lipinski definition) is 2. The van der Waals surface area contributed by atoms with Gasteiger partial charge in [0, 0.05) is 10.0 Å². The summed E-state index contributed by atoms with van der Waals surface area (Å²) < 4.78 is 27.9. The molecule has 2 rings (SSSR count). The molecule has 0 heterocycles. The van der Waals surface area contributed by atoms with Gasteiger partial charge in [-0.3, -0.25) is 5.84 Å². The second kappa shape index (κ2) is 5.77. The lowest BCUT2D eigenvalue weighted by molar-refractivity contribution is 0.544. The number of rotatable bonds is 3. The zero-order chi connectivity index (χ0) is 14.0. The molecule has 0 amide bonds. The first-order chi connectivity index (χ1) is 9.02. The van der Waals surface area contributed by atoms with Crippen LogP contribution in [0.3, 0.4) is 0 Å². The van der Waals surface area contributed by atoms with Crippen molar-refractivity contribution in [2.75, 3.05) is 0 Å². The van der Waals surface area contributed by atoms with Crippen LogP contribution in [0.25, 0.3) is 0 Å². The maximum atomic E-state index is 13.8. The normalized spacial score (nSPS) is 12.5. The van der Waals surface area contributed by atoms with Crippen molar-refractivity contribution in [1.82, 2.24) is 5.43 Å². The van der Waals surface area contributed by atoms with Gasteiger partial charge in [-0.15, -0.1) is 0 Å². The average molecular weight is 327 g/mol. The molecule has 0 aliphatic carbocycles. The third kappa shape index (κ3) is 3.00. The number of hydrogen-bond acceptors (Lipinski definition) is 2. The minimum atomic E-state index is -0.620. The van der Waals surface area contributed by atoms with Gasteiger partial charge in [0.15, 0.2) is 0 Å². The van der Waals surface area contributed by atoms with Crippen molar-refractivity contribution in [2.24, 2.45) is 5.84 Å². The van der Waals surface area contributed by atoms with E-state index in [1.165, 1.54) is 0 Å². The van der Waals surface area contributed by atoms with Gasteiger partial charge in [-0.05, 0) is 36.8 Å². The first-order valence-corrected chi connectivity index (χ1v) is 6.49. The summed E-state index contributed by atoms with van der Waals surface area (Å²) in [6.45, 7) is 1.92. The van der Waals surface area contributed by atoms with E-state index < -0.39 is 17.7 Å². The summed E-state index contributed by atoms with van der Waals surface area (Å²) in [4.78, 5) is 0. The molecular weight excluding hydrogens is 314 g/mol. The van der Waals surface area contributed by atoms with Crippen LogP contribution in [0, 0.1) is 18.6 Å².